The van der Waals surface area contributed by atoms with Gasteiger partial charge in [0.25, 0.3) is 5.91 Å². The van der Waals surface area contributed by atoms with Crippen LogP contribution in [0.25, 0.3) is 11.3 Å². The summed E-state index contributed by atoms with van der Waals surface area (Å²) in [6, 6.07) is 11.4. The normalized spacial score (nSPS) is 18.0. The summed E-state index contributed by atoms with van der Waals surface area (Å²) in [5.74, 6) is -0.152. The number of carbonyl (C=O) groups excluding carboxylic acids is 1. The van der Waals surface area contributed by atoms with Crippen LogP contribution < -0.4 is 15.4 Å². The summed E-state index contributed by atoms with van der Waals surface area (Å²) in [6.07, 6.45) is 4.96. The van der Waals surface area contributed by atoms with Gasteiger partial charge in [0.15, 0.2) is 0 Å². The van der Waals surface area contributed by atoms with E-state index in [1.165, 1.54) is 18.2 Å². The number of amides is 1. The summed E-state index contributed by atoms with van der Waals surface area (Å²) in [6.45, 7) is 1.40. The Morgan fingerprint density at radius 1 is 1.29 bits per heavy atom. The molecule has 2 aromatic carbocycles. The van der Waals surface area contributed by atoms with E-state index < -0.39 is 5.82 Å². The third-order valence-corrected chi connectivity index (χ3v) is 6.58. The molecule has 1 saturated heterocycles. The minimum Gasteiger partial charge on any atom is -0.493 e. The van der Waals surface area contributed by atoms with E-state index in [0.29, 0.717) is 24.1 Å². The number of benzene rings is 2. The van der Waals surface area contributed by atoms with Gasteiger partial charge in [-0.25, -0.2) is 4.39 Å². The van der Waals surface area contributed by atoms with Gasteiger partial charge in [0.05, 0.1) is 29.1 Å². The summed E-state index contributed by atoms with van der Waals surface area (Å²) in [5, 5.41) is 10.7. The Morgan fingerprint density at radius 2 is 2.15 bits per heavy atom. The van der Waals surface area contributed by atoms with E-state index in [4.69, 9.17) is 9.47 Å². The van der Waals surface area contributed by atoms with Crippen molar-refractivity contribution in [3.05, 3.63) is 64.5 Å². The average molecular weight is 531 g/mol. The second-order valence-corrected chi connectivity index (χ2v) is 9.17. The Balaban J connectivity index is 1.50. The molecule has 2 atom stereocenters. The van der Waals surface area contributed by atoms with Gasteiger partial charge < -0.3 is 20.1 Å². The molecule has 4 rings (SSSR count). The molecule has 3 aromatic rings. The van der Waals surface area contributed by atoms with E-state index in [2.05, 4.69) is 31.7 Å². The van der Waals surface area contributed by atoms with Crippen molar-refractivity contribution < 1.29 is 18.7 Å². The first kappa shape index (κ1) is 24.4. The molecule has 34 heavy (non-hydrogen) atoms. The highest BCUT2D eigenvalue weighted by Crippen LogP contribution is 2.37. The predicted octanol–water partition coefficient (Wildman–Crippen LogP) is 4.78. The summed E-state index contributed by atoms with van der Waals surface area (Å²) < 4.78 is 27.7. The van der Waals surface area contributed by atoms with Crippen LogP contribution in [0.3, 0.4) is 0 Å². The maximum atomic E-state index is 13.5. The fraction of sp³-hybridized carbons (Fsp3) is 0.360. The van der Waals surface area contributed by atoms with Gasteiger partial charge in [-0.3, -0.25) is 9.48 Å². The van der Waals surface area contributed by atoms with Crippen LogP contribution in [0.2, 0.25) is 0 Å². The van der Waals surface area contributed by atoms with Crippen LogP contribution in [0.1, 0.15) is 29.6 Å². The summed E-state index contributed by atoms with van der Waals surface area (Å²) in [4.78, 5) is 12.6. The molecule has 2 N–H and O–H groups in total. The van der Waals surface area contributed by atoms with Gasteiger partial charge in [0, 0.05) is 43.6 Å². The molecule has 1 aromatic heterocycles. The molecule has 0 radical (unpaired) electrons. The highest BCUT2D eigenvalue weighted by Gasteiger charge is 2.21. The number of rotatable bonds is 8. The lowest BCUT2D eigenvalue weighted by molar-refractivity contribution is 0.0677. The summed E-state index contributed by atoms with van der Waals surface area (Å²) in [5.41, 5.74) is 2.44. The number of anilines is 1. The number of aryl methyl sites for hydroxylation is 1. The highest BCUT2D eigenvalue weighted by molar-refractivity contribution is 9.10. The standard InChI is InChI=1S/C25H28BrFN4O3/c1-31-24(22(26)15-29-31)21-13-19(30-25(32)16-4-3-5-17(27)12-16)7-9-23(21)34-11-10-18-6-8-20(33-2)14-28-18/h3-5,7,9,12-13,15,18,20,28H,6,8,10-11,14H2,1-2H3,(H,30,32). The topological polar surface area (TPSA) is 77.4 Å². The molecule has 0 spiro atoms. The van der Waals surface area contributed by atoms with Crippen molar-refractivity contribution >= 4 is 27.5 Å². The van der Waals surface area contributed by atoms with Gasteiger partial charge in [-0.1, -0.05) is 6.07 Å². The average Bonchev–Trinajstić information content (AvgIpc) is 3.18. The van der Waals surface area contributed by atoms with Crippen LogP contribution >= 0.6 is 15.9 Å². The van der Waals surface area contributed by atoms with Crippen LogP contribution in [0.15, 0.2) is 53.1 Å². The van der Waals surface area contributed by atoms with Gasteiger partial charge in [-0.05, 0) is 71.6 Å². The minimum absolute atomic E-state index is 0.249. The van der Waals surface area contributed by atoms with Crippen molar-refractivity contribution in [2.24, 2.45) is 7.05 Å². The number of hydrogen-bond donors (Lipinski definition) is 2. The molecule has 1 fully saturated rings. The Hall–Kier alpha value is -2.75. The number of nitrogens with zero attached hydrogens (tertiary/aromatic N) is 2. The molecular weight excluding hydrogens is 503 g/mol. The molecule has 2 heterocycles. The van der Waals surface area contributed by atoms with Crippen LogP contribution in [0, 0.1) is 5.82 Å². The fourth-order valence-electron chi connectivity index (χ4n) is 4.11. The lowest BCUT2D eigenvalue weighted by Gasteiger charge is -2.29. The Kier molecular flexibility index (Phi) is 7.97. The summed E-state index contributed by atoms with van der Waals surface area (Å²) >= 11 is 3.56. The van der Waals surface area contributed by atoms with Crippen molar-refractivity contribution in [2.75, 3.05) is 25.6 Å². The lowest BCUT2D eigenvalue weighted by atomic mass is 10.0. The molecule has 1 aliphatic heterocycles. The molecule has 7 nitrogen and oxygen atoms in total. The molecule has 0 saturated carbocycles. The highest BCUT2D eigenvalue weighted by atomic mass is 79.9. The van der Waals surface area contributed by atoms with Gasteiger partial charge in [-0.15, -0.1) is 0 Å². The molecular formula is C25H28BrFN4O3. The fourth-order valence-corrected chi connectivity index (χ4v) is 4.68. The number of hydrogen-bond acceptors (Lipinski definition) is 5. The molecule has 1 aliphatic rings. The lowest BCUT2D eigenvalue weighted by Crippen LogP contribution is -2.42. The number of ether oxygens (including phenoxy) is 2. The zero-order valence-corrected chi connectivity index (χ0v) is 20.8. The van der Waals surface area contributed by atoms with Gasteiger partial charge in [0.2, 0.25) is 0 Å². The second-order valence-electron chi connectivity index (χ2n) is 8.32. The Bertz CT molecular complexity index is 1130. The predicted molar refractivity (Wildman–Crippen MR) is 133 cm³/mol. The van der Waals surface area contributed by atoms with Crippen LogP contribution in [-0.4, -0.2) is 48.1 Å². The Labute approximate surface area is 206 Å². The smallest absolute Gasteiger partial charge is 0.255 e. The van der Waals surface area contributed by atoms with Crippen molar-refractivity contribution in [1.82, 2.24) is 15.1 Å². The van der Waals surface area contributed by atoms with E-state index in [-0.39, 0.29) is 17.6 Å². The monoisotopic (exact) mass is 530 g/mol. The third-order valence-electron chi connectivity index (χ3n) is 6.00. The van der Waals surface area contributed by atoms with Gasteiger partial charge in [0.1, 0.15) is 11.6 Å². The van der Waals surface area contributed by atoms with E-state index in [0.717, 1.165) is 41.5 Å². The number of halogens is 2. The molecule has 0 bridgehead atoms. The number of aromatic nitrogens is 2. The number of nitrogens with one attached hydrogen (secondary N) is 2. The minimum atomic E-state index is -0.457. The van der Waals surface area contributed by atoms with Crippen molar-refractivity contribution in [3.8, 4) is 17.0 Å². The van der Waals surface area contributed by atoms with Crippen LogP contribution in [0.4, 0.5) is 10.1 Å². The van der Waals surface area contributed by atoms with E-state index in [1.807, 2.05) is 19.2 Å². The first-order valence-corrected chi connectivity index (χ1v) is 12.0. The maximum absolute atomic E-state index is 13.5. The molecule has 9 heteroatoms. The first-order chi connectivity index (χ1) is 16.4. The van der Waals surface area contributed by atoms with Gasteiger partial charge in [-0.2, -0.15) is 5.10 Å². The zero-order chi connectivity index (χ0) is 24.1. The van der Waals surface area contributed by atoms with E-state index in [9.17, 15) is 9.18 Å². The molecule has 180 valence electrons. The van der Waals surface area contributed by atoms with Crippen LogP contribution in [-0.2, 0) is 11.8 Å². The number of methoxy groups -OCH3 is 1. The summed E-state index contributed by atoms with van der Waals surface area (Å²) in [7, 11) is 3.60. The van der Waals surface area contributed by atoms with Crippen molar-refractivity contribution in [2.45, 2.75) is 31.4 Å². The quantitative estimate of drug-likeness (QED) is 0.438. The molecule has 0 aliphatic carbocycles. The van der Waals surface area contributed by atoms with Crippen molar-refractivity contribution in [3.63, 3.8) is 0 Å². The first-order valence-electron chi connectivity index (χ1n) is 11.2. The Morgan fingerprint density at radius 3 is 2.82 bits per heavy atom. The van der Waals surface area contributed by atoms with Crippen LogP contribution in [0.5, 0.6) is 5.75 Å². The SMILES string of the molecule is COC1CCC(CCOc2ccc(NC(=O)c3cccc(F)c3)cc2-c2c(Br)cnn2C)NC1. The number of piperidine rings is 1. The van der Waals surface area contributed by atoms with E-state index >= 15 is 0 Å². The second kappa shape index (κ2) is 11.1. The van der Waals surface area contributed by atoms with Crippen molar-refractivity contribution in [1.29, 1.82) is 0 Å². The third kappa shape index (κ3) is 5.84. The molecule has 2 unspecified atom stereocenters. The number of carbonyl (C=O) groups is 1. The molecule has 1 amide bonds. The zero-order valence-electron chi connectivity index (χ0n) is 19.2. The van der Waals surface area contributed by atoms with Gasteiger partial charge >= 0.3 is 0 Å². The maximum Gasteiger partial charge on any atom is 0.255 e. The van der Waals surface area contributed by atoms with E-state index in [1.54, 1.807) is 30.1 Å². The largest absolute Gasteiger partial charge is 0.493 e.